The molecule has 1 saturated heterocycles. The average Bonchev–Trinajstić information content (AvgIpc) is 3.13. The van der Waals surface area contributed by atoms with Gasteiger partial charge in [-0.05, 0) is 60.0 Å². The van der Waals surface area contributed by atoms with Gasteiger partial charge in [-0.15, -0.1) is 0 Å². The lowest BCUT2D eigenvalue weighted by Gasteiger charge is -2.25. The summed E-state index contributed by atoms with van der Waals surface area (Å²) in [4.78, 5) is 32.4. The van der Waals surface area contributed by atoms with Gasteiger partial charge >= 0.3 is 0 Å². The van der Waals surface area contributed by atoms with Gasteiger partial charge in [-0.25, -0.2) is 0 Å². The van der Waals surface area contributed by atoms with E-state index in [1.165, 1.54) is 4.90 Å². The normalized spacial score (nSPS) is 17.5. The van der Waals surface area contributed by atoms with Crippen molar-refractivity contribution in [2.75, 3.05) is 19.1 Å². The second-order valence-electron chi connectivity index (χ2n) is 9.29. The molecule has 2 aromatic carbocycles. The first-order valence-electron chi connectivity index (χ1n) is 11.2. The van der Waals surface area contributed by atoms with Gasteiger partial charge in [0.25, 0.3) is 11.7 Å². The SMILES string of the molecule is COc1ccc(N2C(=O)C(=O)/C(=C(\O)c3ccc(OC)c(C(C)(C)C)c3)C2c2ccccn2)cc1. The third-order valence-electron chi connectivity index (χ3n) is 6.04. The molecule has 0 spiro atoms. The minimum absolute atomic E-state index is 0.0189. The van der Waals surface area contributed by atoms with Crippen LogP contribution in [0.2, 0.25) is 0 Å². The summed E-state index contributed by atoms with van der Waals surface area (Å²) in [5.74, 6) is -0.483. The number of aliphatic hydroxyl groups is 1. The van der Waals surface area contributed by atoms with E-state index >= 15 is 0 Å². The minimum atomic E-state index is -0.898. The van der Waals surface area contributed by atoms with Gasteiger partial charge in [-0.3, -0.25) is 19.5 Å². The van der Waals surface area contributed by atoms with Gasteiger partial charge in [-0.2, -0.15) is 0 Å². The van der Waals surface area contributed by atoms with Gasteiger partial charge in [0.2, 0.25) is 0 Å². The molecule has 1 aliphatic rings. The molecule has 1 atom stereocenters. The first-order chi connectivity index (χ1) is 16.7. The summed E-state index contributed by atoms with van der Waals surface area (Å²) in [7, 11) is 3.14. The van der Waals surface area contributed by atoms with Gasteiger partial charge in [0.1, 0.15) is 23.3 Å². The molecule has 7 nitrogen and oxygen atoms in total. The van der Waals surface area contributed by atoms with E-state index in [1.54, 1.807) is 81.1 Å². The van der Waals surface area contributed by atoms with Crippen LogP contribution in [0.15, 0.2) is 72.4 Å². The van der Waals surface area contributed by atoms with E-state index in [2.05, 4.69) is 4.98 Å². The molecule has 180 valence electrons. The van der Waals surface area contributed by atoms with Crippen molar-refractivity contribution in [2.45, 2.75) is 32.2 Å². The molecule has 0 bridgehead atoms. The van der Waals surface area contributed by atoms with Gasteiger partial charge in [0.05, 0.1) is 25.5 Å². The molecule has 0 saturated carbocycles. The molecule has 4 rings (SSSR count). The highest BCUT2D eigenvalue weighted by atomic mass is 16.5. The van der Waals surface area contributed by atoms with E-state index in [0.29, 0.717) is 28.4 Å². The van der Waals surface area contributed by atoms with Gasteiger partial charge < -0.3 is 14.6 Å². The number of aliphatic hydroxyl groups excluding tert-OH is 1. The lowest BCUT2D eigenvalue weighted by atomic mass is 9.84. The number of aromatic nitrogens is 1. The molecule has 35 heavy (non-hydrogen) atoms. The third kappa shape index (κ3) is 4.37. The smallest absolute Gasteiger partial charge is 0.300 e. The molecule has 7 heteroatoms. The molecule has 3 aromatic rings. The fourth-order valence-electron chi connectivity index (χ4n) is 4.26. The number of rotatable bonds is 5. The molecule has 2 heterocycles. The van der Waals surface area contributed by atoms with Crippen LogP contribution >= 0.6 is 0 Å². The predicted molar refractivity (Wildman–Crippen MR) is 134 cm³/mol. The molecule has 1 fully saturated rings. The number of hydrogen-bond donors (Lipinski definition) is 1. The number of methoxy groups -OCH3 is 2. The second-order valence-corrected chi connectivity index (χ2v) is 9.29. The second kappa shape index (κ2) is 9.25. The summed E-state index contributed by atoms with van der Waals surface area (Å²) in [6.07, 6.45) is 1.59. The Labute approximate surface area is 204 Å². The number of pyridine rings is 1. The van der Waals surface area contributed by atoms with Crippen LogP contribution in [-0.4, -0.2) is 36.0 Å². The van der Waals surface area contributed by atoms with E-state index in [0.717, 1.165) is 5.56 Å². The zero-order chi connectivity index (χ0) is 25.3. The van der Waals surface area contributed by atoms with E-state index in [1.807, 2.05) is 20.8 Å². The summed E-state index contributed by atoms with van der Waals surface area (Å²) in [6.45, 7) is 6.10. The molecule has 0 radical (unpaired) electrons. The van der Waals surface area contributed by atoms with Crippen LogP contribution < -0.4 is 14.4 Å². The Morgan fingerprint density at radius 2 is 1.69 bits per heavy atom. The minimum Gasteiger partial charge on any atom is -0.507 e. The van der Waals surface area contributed by atoms with Crippen LogP contribution in [0.1, 0.15) is 43.6 Å². The molecule has 1 amide bonds. The maximum absolute atomic E-state index is 13.3. The van der Waals surface area contributed by atoms with Crippen molar-refractivity contribution < 1.29 is 24.2 Å². The Balaban J connectivity index is 1.92. The van der Waals surface area contributed by atoms with E-state index in [9.17, 15) is 14.7 Å². The van der Waals surface area contributed by atoms with Crippen molar-refractivity contribution in [1.29, 1.82) is 0 Å². The number of Topliss-reactive ketones (excluding diaryl/α,β-unsaturated/α-hetero) is 1. The van der Waals surface area contributed by atoms with Crippen molar-refractivity contribution >= 4 is 23.1 Å². The summed E-state index contributed by atoms with van der Waals surface area (Å²) in [6, 6.07) is 16.4. The van der Waals surface area contributed by atoms with Crippen LogP contribution in [0.5, 0.6) is 11.5 Å². The number of carbonyl (C=O) groups is 2. The molecule has 1 N–H and O–H groups in total. The van der Waals surface area contributed by atoms with E-state index < -0.39 is 17.7 Å². The number of amides is 1. The molecule has 1 aromatic heterocycles. The largest absolute Gasteiger partial charge is 0.507 e. The third-order valence-corrected chi connectivity index (χ3v) is 6.04. The molecule has 1 unspecified atom stereocenters. The van der Waals surface area contributed by atoms with Gasteiger partial charge in [-0.1, -0.05) is 26.8 Å². The highest BCUT2D eigenvalue weighted by Gasteiger charge is 2.47. The van der Waals surface area contributed by atoms with Crippen LogP contribution in [0.25, 0.3) is 5.76 Å². The molecular formula is C28H28N2O5. The number of ketones is 1. The zero-order valence-electron chi connectivity index (χ0n) is 20.4. The Morgan fingerprint density at radius 1 is 0.971 bits per heavy atom. The van der Waals surface area contributed by atoms with E-state index in [-0.39, 0.29) is 16.7 Å². The van der Waals surface area contributed by atoms with Crippen molar-refractivity contribution in [2.24, 2.45) is 0 Å². The topological polar surface area (TPSA) is 89.0 Å². The lowest BCUT2D eigenvalue weighted by molar-refractivity contribution is -0.132. The Bertz CT molecular complexity index is 1290. The Morgan fingerprint density at radius 3 is 2.26 bits per heavy atom. The quantitative estimate of drug-likeness (QED) is 0.319. The number of anilines is 1. The van der Waals surface area contributed by atoms with Gasteiger partial charge in [0.15, 0.2) is 0 Å². The number of nitrogens with zero attached hydrogens (tertiary/aromatic N) is 2. The first kappa shape index (κ1) is 24.0. The van der Waals surface area contributed by atoms with Crippen molar-refractivity contribution in [3.8, 4) is 11.5 Å². The maximum Gasteiger partial charge on any atom is 0.300 e. The number of hydrogen-bond acceptors (Lipinski definition) is 6. The first-order valence-corrected chi connectivity index (χ1v) is 11.2. The van der Waals surface area contributed by atoms with Crippen molar-refractivity contribution in [3.63, 3.8) is 0 Å². The molecule has 0 aliphatic carbocycles. The summed E-state index contributed by atoms with van der Waals surface area (Å²) in [5.41, 5.74) is 1.94. The molecule has 1 aliphatic heterocycles. The summed E-state index contributed by atoms with van der Waals surface area (Å²) >= 11 is 0. The lowest BCUT2D eigenvalue weighted by Crippen LogP contribution is -2.29. The fraction of sp³-hybridized carbons (Fsp3) is 0.250. The van der Waals surface area contributed by atoms with Gasteiger partial charge in [0, 0.05) is 23.0 Å². The number of benzene rings is 2. The average molecular weight is 473 g/mol. The maximum atomic E-state index is 13.3. The summed E-state index contributed by atoms with van der Waals surface area (Å²) in [5, 5.41) is 11.4. The standard InChI is InChI=1S/C28H28N2O5/c1-28(2,3)20-16-17(9-14-22(20)35-5)25(31)23-24(21-8-6-7-15-29-21)30(27(33)26(23)32)18-10-12-19(34-4)13-11-18/h6-16,24,31H,1-5H3/b25-23-. The highest BCUT2D eigenvalue weighted by Crippen LogP contribution is 2.42. The number of carbonyl (C=O) groups excluding carboxylic acids is 2. The molecular weight excluding hydrogens is 444 g/mol. The van der Waals surface area contributed by atoms with Crippen LogP contribution in [-0.2, 0) is 15.0 Å². The van der Waals surface area contributed by atoms with Crippen molar-refractivity contribution in [3.05, 3.63) is 89.3 Å². The highest BCUT2D eigenvalue weighted by molar-refractivity contribution is 6.51. The fourth-order valence-corrected chi connectivity index (χ4v) is 4.26. The summed E-state index contributed by atoms with van der Waals surface area (Å²) < 4.78 is 10.7. The number of ether oxygens (including phenoxy) is 2. The van der Waals surface area contributed by atoms with Crippen molar-refractivity contribution in [1.82, 2.24) is 4.98 Å². The Kier molecular flexibility index (Phi) is 6.35. The van der Waals surface area contributed by atoms with Crippen LogP contribution in [0.4, 0.5) is 5.69 Å². The monoisotopic (exact) mass is 472 g/mol. The Hall–Kier alpha value is -4.13. The zero-order valence-corrected chi connectivity index (χ0v) is 20.4. The van der Waals surface area contributed by atoms with E-state index in [4.69, 9.17) is 9.47 Å². The van der Waals surface area contributed by atoms with Crippen LogP contribution in [0, 0.1) is 0 Å². The predicted octanol–water partition coefficient (Wildman–Crippen LogP) is 5.02. The van der Waals surface area contributed by atoms with Crippen LogP contribution in [0.3, 0.4) is 0 Å².